The first-order valence-corrected chi connectivity index (χ1v) is 7.54. The van der Waals surface area contributed by atoms with Gasteiger partial charge < -0.3 is 14.6 Å². The molecule has 27 heavy (non-hydrogen) atoms. The number of alkyl halides is 5. The summed E-state index contributed by atoms with van der Waals surface area (Å²) in [6.07, 6.45) is -7.29. The molecule has 3 aromatic rings. The Labute approximate surface area is 148 Å². The van der Waals surface area contributed by atoms with Crippen LogP contribution in [0.4, 0.5) is 22.0 Å². The molecule has 6 nitrogen and oxygen atoms in total. The molecule has 0 unspecified atom stereocenters. The van der Waals surface area contributed by atoms with Gasteiger partial charge in [0.25, 0.3) is 0 Å². The zero-order chi connectivity index (χ0) is 19.7. The van der Waals surface area contributed by atoms with Gasteiger partial charge in [0.05, 0.1) is 13.2 Å². The third-order valence-electron chi connectivity index (χ3n) is 3.46. The Morgan fingerprint density at radius 3 is 2.22 bits per heavy atom. The summed E-state index contributed by atoms with van der Waals surface area (Å²) < 4.78 is 73.9. The number of hydrogen-bond acceptors (Lipinski definition) is 5. The standard InChI is InChI=1S/C16H12F5N3O3/c17-15(18,26-8-7-25)14-23-22-13-6-3-11(9-24(13)14)10-1-4-12(5-2-10)27-16(19,20)21/h1-6,9,25H,7-8H2. The molecule has 0 aliphatic carbocycles. The molecule has 0 aliphatic rings. The van der Waals surface area contributed by atoms with Crippen molar-refractivity contribution in [1.29, 1.82) is 0 Å². The van der Waals surface area contributed by atoms with Gasteiger partial charge in [0.15, 0.2) is 5.65 Å². The predicted octanol–water partition coefficient (Wildman–Crippen LogP) is 3.35. The molecular formula is C16H12F5N3O3. The summed E-state index contributed by atoms with van der Waals surface area (Å²) in [5.74, 6) is -1.19. The first-order valence-electron chi connectivity index (χ1n) is 7.54. The smallest absolute Gasteiger partial charge is 0.406 e. The van der Waals surface area contributed by atoms with E-state index in [-0.39, 0.29) is 5.65 Å². The topological polar surface area (TPSA) is 68.9 Å². The van der Waals surface area contributed by atoms with E-state index < -0.39 is 37.3 Å². The lowest BCUT2D eigenvalue weighted by molar-refractivity contribution is -0.274. The highest BCUT2D eigenvalue weighted by atomic mass is 19.4. The van der Waals surface area contributed by atoms with Crippen molar-refractivity contribution < 1.29 is 36.5 Å². The molecule has 1 N–H and O–H groups in total. The van der Waals surface area contributed by atoms with Crippen molar-refractivity contribution in [2.24, 2.45) is 0 Å². The van der Waals surface area contributed by atoms with Gasteiger partial charge in [0.1, 0.15) is 5.75 Å². The van der Waals surface area contributed by atoms with Crippen LogP contribution in [0.2, 0.25) is 0 Å². The molecule has 2 heterocycles. The summed E-state index contributed by atoms with van der Waals surface area (Å²) in [6, 6.07) is 7.91. The number of rotatable bonds is 6. The van der Waals surface area contributed by atoms with Crippen LogP contribution in [0.5, 0.6) is 5.75 Å². The second-order valence-corrected chi connectivity index (χ2v) is 5.33. The Hall–Kier alpha value is -2.79. The Morgan fingerprint density at radius 2 is 1.59 bits per heavy atom. The SMILES string of the molecule is OCCOC(F)(F)c1nnc2ccc(-c3ccc(OC(F)(F)F)cc3)cn12. The Bertz CT molecular complexity index is 925. The van der Waals surface area contributed by atoms with Crippen molar-refractivity contribution >= 4 is 5.65 Å². The van der Waals surface area contributed by atoms with E-state index in [1.165, 1.54) is 24.4 Å². The molecule has 1 aromatic carbocycles. The number of aromatic nitrogens is 3. The van der Waals surface area contributed by atoms with Crippen LogP contribution in [0.3, 0.4) is 0 Å². The zero-order valence-corrected chi connectivity index (χ0v) is 13.5. The number of hydrogen-bond donors (Lipinski definition) is 1. The fourth-order valence-electron chi connectivity index (χ4n) is 2.35. The normalized spacial score (nSPS) is 12.5. The van der Waals surface area contributed by atoms with Crippen LogP contribution in [-0.4, -0.2) is 39.3 Å². The molecule has 0 radical (unpaired) electrons. The van der Waals surface area contributed by atoms with Gasteiger partial charge >= 0.3 is 12.5 Å². The summed E-state index contributed by atoms with van der Waals surface area (Å²) >= 11 is 0. The van der Waals surface area contributed by atoms with Crippen LogP contribution < -0.4 is 4.74 Å². The molecule has 2 aromatic heterocycles. The second-order valence-electron chi connectivity index (χ2n) is 5.33. The summed E-state index contributed by atoms with van der Waals surface area (Å²) in [5.41, 5.74) is 1.02. The van der Waals surface area contributed by atoms with Crippen molar-refractivity contribution in [2.45, 2.75) is 12.5 Å². The number of aliphatic hydroxyl groups excluding tert-OH is 1. The van der Waals surface area contributed by atoms with Crippen molar-refractivity contribution in [3.63, 3.8) is 0 Å². The Kier molecular flexibility index (Phi) is 4.98. The molecule has 0 saturated carbocycles. The molecule has 0 spiro atoms. The van der Waals surface area contributed by atoms with E-state index in [9.17, 15) is 22.0 Å². The van der Waals surface area contributed by atoms with Crippen LogP contribution in [0.1, 0.15) is 5.82 Å². The second kappa shape index (κ2) is 7.08. The first kappa shape index (κ1) is 19.0. The van der Waals surface area contributed by atoms with Gasteiger partial charge in [-0.15, -0.1) is 23.4 Å². The highest BCUT2D eigenvalue weighted by Crippen LogP contribution is 2.30. The van der Waals surface area contributed by atoms with Crippen LogP contribution in [-0.2, 0) is 10.8 Å². The van der Waals surface area contributed by atoms with Crippen LogP contribution in [0.15, 0.2) is 42.6 Å². The molecule has 0 bridgehead atoms. The first-order chi connectivity index (χ1) is 12.7. The maximum absolute atomic E-state index is 14.1. The number of halogens is 5. The number of ether oxygens (including phenoxy) is 2. The van der Waals surface area contributed by atoms with Gasteiger partial charge in [-0.05, 0) is 35.4 Å². The molecule has 0 amide bonds. The third kappa shape index (κ3) is 4.31. The van der Waals surface area contributed by atoms with Crippen molar-refractivity contribution in [3.8, 4) is 16.9 Å². The van der Waals surface area contributed by atoms with Crippen LogP contribution in [0.25, 0.3) is 16.8 Å². The van der Waals surface area contributed by atoms with E-state index in [1.54, 1.807) is 6.07 Å². The van der Waals surface area contributed by atoms with Crippen molar-refractivity contribution in [2.75, 3.05) is 13.2 Å². The number of nitrogens with zero attached hydrogens (tertiary/aromatic N) is 3. The average Bonchev–Trinajstić information content (AvgIpc) is 3.03. The zero-order valence-electron chi connectivity index (χ0n) is 13.5. The van der Waals surface area contributed by atoms with Crippen molar-refractivity contribution in [1.82, 2.24) is 14.6 Å². The lowest BCUT2D eigenvalue weighted by atomic mass is 10.1. The lowest BCUT2D eigenvalue weighted by Crippen LogP contribution is -2.23. The van der Waals surface area contributed by atoms with E-state index in [4.69, 9.17) is 5.11 Å². The molecule has 0 fully saturated rings. The number of fused-ring (bicyclic) bond motifs is 1. The van der Waals surface area contributed by atoms with Gasteiger partial charge in [-0.25, -0.2) is 0 Å². The van der Waals surface area contributed by atoms with E-state index in [0.29, 0.717) is 11.1 Å². The third-order valence-corrected chi connectivity index (χ3v) is 3.46. The Balaban J connectivity index is 1.93. The fourth-order valence-corrected chi connectivity index (χ4v) is 2.35. The lowest BCUT2D eigenvalue weighted by Gasteiger charge is -2.14. The molecule has 3 rings (SSSR count). The molecule has 0 atom stereocenters. The summed E-state index contributed by atoms with van der Waals surface area (Å²) in [5, 5.41) is 15.7. The highest BCUT2D eigenvalue weighted by molar-refractivity contribution is 5.65. The van der Waals surface area contributed by atoms with E-state index in [1.807, 2.05) is 0 Å². The quantitative estimate of drug-likeness (QED) is 0.655. The van der Waals surface area contributed by atoms with Crippen LogP contribution >= 0.6 is 0 Å². The van der Waals surface area contributed by atoms with Gasteiger partial charge in [0.2, 0.25) is 5.82 Å². The minimum atomic E-state index is -4.81. The number of aliphatic hydroxyl groups is 1. The van der Waals surface area contributed by atoms with Gasteiger partial charge in [-0.2, -0.15) is 8.78 Å². The maximum atomic E-state index is 14.1. The molecule has 0 saturated heterocycles. The largest absolute Gasteiger partial charge is 0.573 e. The summed E-state index contributed by atoms with van der Waals surface area (Å²) in [7, 11) is 0. The predicted molar refractivity (Wildman–Crippen MR) is 82.0 cm³/mol. The molecule has 11 heteroatoms. The van der Waals surface area contributed by atoms with E-state index in [2.05, 4.69) is 19.7 Å². The summed E-state index contributed by atoms with van der Waals surface area (Å²) in [6.45, 7) is -1.19. The average molecular weight is 389 g/mol. The fraction of sp³-hybridized carbons (Fsp3) is 0.250. The number of pyridine rings is 1. The number of benzene rings is 1. The van der Waals surface area contributed by atoms with E-state index in [0.717, 1.165) is 16.5 Å². The van der Waals surface area contributed by atoms with Gasteiger partial charge in [-0.1, -0.05) is 12.1 Å². The highest BCUT2D eigenvalue weighted by Gasteiger charge is 2.38. The van der Waals surface area contributed by atoms with Gasteiger partial charge in [0, 0.05) is 6.20 Å². The van der Waals surface area contributed by atoms with Crippen LogP contribution in [0, 0.1) is 0 Å². The van der Waals surface area contributed by atoms with Crippen molar-refractivity contribution in [3.05, 3.63) is 48.4 Å². The summed E-state index contributed by atoms with van der Waals surface area (Å²) in [4.78, 5) is 0. The minimum absolute atomic E-state index is 0.123. The Morgan fingerprint density at radius 1 is 0.926 bits per heavy atom. The minimum Gasteiger partial charge on any atom is -0.406 e. The molecular weight excluding hydrogens is 377 g/mol. The monoisotopic (exact) mass is 389 g/mol. The molecule has 144 valence electrons. The maximum Gasteiger partial charge on any atom is 0.573 e. The molecule has 0 aliphatic heterocycles. The van der Waals surface area contributed by atoms with Gasteiger partial charge in [-0.3, -0.25) is 4.40 Å². The van der Waals surface area contributed by atoms with E-state index >= 15 is 0 Å².